The molecule has 0 unspecified atom stereocenters. The molecule has 0 aliphatic heterocycles. The summed E-state index contributed by atoms with van der Waals surface area (Å²) in [5.41, 5.74) is 0. The molecular formula is C46H99ClN2OTi. The van der Waals surface area contributed by atoms with Crippen molar-refractivity contribution in [3.63, 3.8) is 0 Å². The zero-order chi connectivity index (χ0) is 36.4. The molecule has 0 bridgehead atoms. The average Bonchev–Trinajstić information content (AvgIpc) is 3.12. The summed E-state index contributed by atoms with van der Waals surface area (Å²) in [7, 11) is 0. The molecule has 51 heavy (non-hydrogen) atoms. The Morgan fingerprint density at radius 3 is 0.588 bits per heavy atom. The van der Waals surface area contributed by atoms with Gasteiger partial charge in [-0.25, -0.2) is 0 Å². The number of unbranched alkanes of at least 4 members (excludes halogenated alkanes) is 31. The van der Waals surface area contributed by atoms with Crippen LogP contribution >= 0.6 is 12.4 Å². The topological polar surface area (TPSA) is 48.4 Å². The Morgan fingerprint density at radius 1 is 0.255 bits per heavy atom. The van der Waals surface area contributed by atoms with Gasteiger partial charge in [0.25, 0.3) is 0 Å². The Kier molecular flexibility index (Phi) is 78.8. The second kappa shape index (κ2) is 65.7. The van der Waals surface area contributed by atoms with Crippen LogP contribution in [0.3, 0.4) is 0 Å². The Morgan fingerprint density at radius 2 is 0.412 bits per heavy atom. The number of rotatable bonds is 40. The summed E-state index contributed by atoms with van der Waals surface area (Å²) >= 11 is 0. The molecule has 0 spiro atoms. The van der Waals surface area contributed by atoms with Gasteiger partial charge < -0.3 is 15.7 Å². The first kappa shape index (κ1) is 61.1. The van der Waals surface area contributed by atoms with Gasteiger partial charge in [-0.05, 0) is 6.42 Å². The van der Waals surface area contributed by atoms with E-state index in [9.17, 15) is 0 Å². The Hall–Kier alpha value is 0.884. The standard InChI is InChI=1S/2C20H42N.C6H14O.ClH.Ti/c2*1-3-5-7-9-11-13-15-17-19-21-20-18-16-14-12-10-8-6-4-2;1-2-3-4-5-6-7;;/h2*3-20H2,1-2H3;7H,2-6H2,1H3;1H;/q2*-1;;;+2. The van der Waals surface area contributed by atoms with E-state index in [1.54, 1.807) is 0 Å². The van der Waals surface area contributed by atoms with Crippen molar-refractivity contribution in [2.75, 3.05) is 32.8 Å². The van der Waals surface area contributed by atoms with Crippen LogP contribution in [-0.4, -0.2) is 37.9 Å². The molecule has 0 rings (SSSR count). The molecule has 0 heterocycles. The molecule has 0 atom stereocenters. The van der Waals surface area contributed by atoms with Crippen LogP contribution < -0.4 is 0 Å². The van der Waals surface area contributed by atoms with E-state index in [2.05, 4.69) is 45.3 Å². The summed E-state index contributed by atoms with van der Waals surface area (Å²) in [6, 6.07) is 0. The SMILES string of the molecule is CCCCCCCCCC[N-]CCCCCCCCCC.CCCCCCCCCC[N-]CCCCCCCCCC.CCCCCCO.Cl.[Ti+2]. The van der Waals surface area contributed by atoms with Crippen molar-refractivity contribution in [2.24, 2.45) is 0 Å². The minimum Gasteiger partial charge on any atom is -0.662 e. The normalized spacial score (nSPS) is 10.5. The fourth-order valence-electron chi connectivity index (χ4n) is 6.19. The number of nitrogens with zero attached hydrogens (tertiary/aromatic N) is 2. The van der Waals surface area contributed by atoms with E-state index in [1.165, 1.54) is 225 Å². The van der Waals surface area contributed by atoms with Crippen molar-refractivity contribution < 1.29 is 26.8 Å². The van der Waals surface area contributed by atoms with Gasteiger partial charge in [-0.3, -0.25) is 0 Å². The van der Waals surface area contributed by atoms with E-state index >= 15 is 0 Å². The minimum absolute atomic E-state index is 0. The summed E-state index contributed by atoms with van der Waals surface area (Å²) in [6.45, 7) is 16.1. The van der Waals surface area contributed by atoms with E-state index in [0.29, 0.717) is 6.61 Å². The van der Waals surface area contributed by atoms with Crippen molar-refractivity contribution in [2.45, 2.75) is 266 Å². The fourth-order valence-corrected chi connectivity index (χ4v) is 6.19. The van der Waals surface area contributed by atoms with E-state index < -0.39 is 0 Å². The fraction of sp³-hybridized carbons (Fsp3) is 1.00. The Bertz CT molecular complexity index is 422. The summed E-state index contributed by atoms with van der Waals surface area (Å²) in [6.07, 6.45) is 49.7. The monoisotopic (exact) mass is 779 g/mol. The molecule has 310 valence electrons. The van der Waals surface area contributed by atoms with Crippen molar-refractivity contribution >= 4 is 12.4 Å². The summed E-state index contributed by atoms with van der Waals surface area (Å²) in [5.74, 6) is 0. The predicted octanol–water partition coefficient (Wildman–Crippen LogP) is 17.3. The maximum absolute atomic E-state index is 8.29. The van der Waals surface area contributed by atoms with Gasteiger partial charge in [0.05, 0.1) is 0 Å². The third kappa shape index (κ3) is 72.7. The van der Waals surface area contributed by atoms with Crippen LogP contribution in [0.15, 0.2) is 0 Å². The molecule has 0 fully saturated rings. The average molecular weight is 780 g/mol. The first-order valence-corrected chi connectivity index (χ1v) is 23.1. The van der Waals surface area contributed by atoms with Gasteiger partial charge in [-0.15, -0.1) is 38.6 Å². The molecule has 0 saturated carbocycles. The van der Waals surface area contributed by atoms with Gasteiger partial charge in [-0.2, -0.15) is 0 Å². The molecule has 0 aliphatic rings. The molecule has 0 amide bonds. The molecule has 5 heteroatoms. The van der Waals surface area contributed by atoms with Crippen molar-refractivity contribution in [1.29, 1.82) is 0 Å². The molecule has 0 aliphatic carbocycles. The maximum Gasteiger partial charge on any atom is 2.00 e. The molecule has 0 aromatic carbocycles. The zero-order valence-electron chi connectivity index (χ0n) is 36.2. The molecule has 0 aromatic rings. The first-order valence-electron chi connectivity index (χ1n) is 23.1. The summed E-state index contributed by atoms with van der Waals surface area (Å²) in [4.78, 5) is 0. The molecule has 0 saturated heterocycles. The maximum atomic E-state index is 8.29. The Labute approximate surface area is 346 Å². The largest absolute Gasteiger partial charge is 2.00 e. The second-order valence-electron chi connectivity index (χ2n) is 15.0. The van der Waals surface area contributed by atoms with Crippen LogP contribution in [0.4, 0.5) is 0 Å². The third-order valence-corrected chi connectivity index (χ3v) is 9.69. The first-order chi connectivity index (χ1) is 24.2. The van der Waals surface area contributed by atoms with Gasteiger partial charge in [0, 0.05) is 6.61 Å². The van der Waals surface area contributed by atoms with Crippen LogP contribution in [0, 0.1) is 0 Å². The van der Waals surface area contributed by atoms with Crippen molar-refractivity contribution in [3.05, 3.63) is 10.6 Å². The van der Waals surface area contributed by atoms with E-state index in [0.717, 1.165) is 32.6 Å². The third-order valence-electron chi connectivity index (χ3n) is 9.69. The number of hydrogen-bond acceptors (Lipinski definition) is 1. The second-order valence-corrected chi connectivity index (χ2v) is 15.0. The predicted molar refractivity (Wildman–Crippen MR) is 235 cm³/mol. The zero-order valence-corrected chi connectivity index (χ0v) is 38.6. The number of halogens is 1. The molecule has 1 N–H and O–H groups in total. The smallest absolute Gasteiger partial charge is 0.662 e. The van der Waals surface area contributed by atoms with E-state index in [1.807, 2.05) is 0 Å². The van der Waals surface area contributed by atoms with Gasteiger partial charge in [0.2, 0.25) is 0 Å². The van der Waals surface area contributed by atoms with Crippen LogP contribution in [0.25, 0.3) is 10.6 Å². The van der Waals surface area contributed by atoms with Gasteiger partial charge in [0.1, 0.15) is 0 Å². The Balaban J connectivity index is -0.000000225. The van der Waals surface area contributed by atoms with Crippen LogP contribution in [0.1, 0.15) is 266 Å². The van der Waals surface area contributed by atoms with E-state index in [-0.39, 0.29) is 34.1 Å². The minimum atomic E-state index is 0. The summed E-state index contributed by atoms with van der Waals surface area (Å²) in [5, 5.41) is 17.6. The van der Waals surface area contributed by atoms with Crippen LogP contribution in [0.5, 0.6) is 0 Å². The van der Waals surface area contributed by atoms with Crippen LogP contribution in [0.2, 0.25) is 0 Å². The van der Waals surface area contributed by atoms with Crippen LogP contribution in [-0.2, 0) is 21.7 Å². The molecular weight excluding hydrogens is 680 g/mol. The van der Waals surface area contributed by atoms with E-state index in [4.69, 9.17) is 5.11 Å². The molecule has 0 radical (unpaired) electrons. The van der Waals surface area contributed by atoms with Gasteiger partial charge in [0.15, 0.2) is 0 Å². The molecule has 0 aromatic heterocycles. The molecule has 3 nitrogen and oxygen atoms in total. The van der Waals surface area contributed by atoms with Gasteiger partial charge >= 0.3 is 21.7 Å². The number of aliphatic hydroxyl groups excluding tert-OH is 1. The number of hydrogen-bond donors (Lipinski definition) is 1. The van der Waals surface area contributed by atoms with Gasteiger partial charge in [-0.1, -0.05) is 259 Å². The number of aliphatic hydroxyl groups is 1. The van der Waals surface area contributed by atoms with Crippen molar-refractivity contribution in [1.82, 2.24) is 0 Å². The quantitative estimate of drug-likeness (QED) is 0.0489. The summed E-state index contributed by atoms with van der Waals surface area (Å²) < 4.78 is 0. The van der Waals surface area contributed by atoms with Crippen molar-refractivity contribution in [3.8, 4) is 0 Å².